The lowest BCUT2D eigenvalue weighted by Gasteiger charge is -2.10. The van der Waals surface area contributed by atoms with E-state index >= 15 is 0 Å². The summed E-state index contributed by atoms with van der Waals surface area (Å²) >= 11 is 1.45. The number of nitrogens with one attached hydrogen (secondary N) is 2. The summed E-state index contributed by atoms with van der Waals surface area (Å²) in [6.07, 6.45) is 3.41. The van der Waals surface area contributed by atoms with E-state index in [1.54, 1.807) is 31.3 Å². The number of aromatic nitrogens is 2. The Balaban J connectivity index is 1.51. The number of thiazole rings is 1. The summed E-state index contributed by atoms with van der Waals surface area (Å²) in [6.45, 7) is 6.06. The van der Waals surface area contributed by atoms with Gasteiger partial charge in [-0.2, -0.15) is 0 Å². The normalized spacial score (nSPS) is 12.4. The molecule has 0 unspecified atom stereocenters. The first-order valence-electron chi connectivity index (χ1n) is 10.8. The highest BCUT2D eigenvalue weighted by Gasteiger charge is 2.18. The van der Waals surface area contributed by atoms with Crippen LogP contribution in [0.5, 0.6) is 5.75 Å². The maximum atomic E-state index is 13.1. The fraction of sp³-hybridized carbons (Fsp3) is 0.125. The maximum Gasteiger partial charge on any atom is 0.240 e. The molecule has 0 aliphatic carbocycles. The van der Waals surface area contributed by atoms with Crippen LogP contribution in [0.1, 0.15) is 12.6 Å². The van der Waals surface area contributed by atoms with Crippen molar-refractivity contribution in [3.05, 3.63) is 78.2 Å². The van der Waals surface area contributed by atoms with Crippen molar-refractivity contribution >= 4 is 44.2 Å². The van der Waals surface area contributed by atoms with E-state index in [-0.39, 0.29) is 29.7 Å². The van der Waals surface area contributed by atoms with Gasteiger partial charge in [0.25, 0.3) is 0 Å². The topological polar surface area (TPSA) is 120 Å². The van der Waals surface area contributed by atoms with Crippen molar-refractivity contribution in [3.8, 4) is 17.0 Å². The molecule has 0 spiro atoms. The van der Waals surface area contributed by atoms with E-state index in [0.717, 1.165) is 17.1 Å². The molecular formula is C24H23FN6O3S2. The highest BCUT2D eigenvalue weighted by molar-refractivity contribution is 7.89. The van der Waals surface area contributed by atoms with Gasteiger partial charge in [-0.15, -0.1) is 11.3 Å². The highest BCUT2D eigenvalue weighted by atomic mass is 32.2. The molecule has 2 aromatic carbocycles. The Kier molecular flexibility index (Phi) is 7.58. The monoisotopic (exact) mass is 526 g/mol. The number of sulfonamides is 1. The first kappa shape index (κ1) is 25.2. The molecule has 0 saturated heterocycles. The molecule has 0 saturated carbocycles. The fourth-order valence-corrected chi connectivity index (χ4v) is 5.14. The molecule has 0 atom stereocenters. The molecule has 4 rings (SSSR count). The minimum Gasteiger partial charge on any atom is -0.508 e. The van der Waals surface area contributed by atoms with Crippen LogP contribution in [0.4, 0.5) is 4.39 Å². The van der Waals surface area contributed by atoms with Crippen LogP contribution in [0.2, 0.25) is 0 Å². The zero-order valence-corrected chi connectivity index (χ0v) is 20.9. The predicted octanol–water partition coefficient (Wildman–Crippen LogP) is 3.89. The molecule has 0 fully saturated rings. The number of guanidine groups is 1. The number of hydrogen-bond acceptors (Lipinski definition) is 6. The van der Waals surface area contributed by atoms with Crippen molar-refractivity contribution < 1.29 is 17.9 Å². The number of halogens is 1. The van der Waals surface area contributed by atoms with Crippen LogP contribution in [0, 0.1) is 5.82 Å². The number of rotatable bonds is 8. The Morgan fingerprint density at radius 2 is 2.03 bits per heavy atom. The molecule has 12 heteroatoms. The number of benzene rings is 2. The third-order valence-corrected chi connectivity index (χ3v) is 7.20. The zero-order chi connectivity index (χ0) is 25.7. The number of phenolic OH excluding ortho intramolecular Hbond substituents is 1. The number of hydrogen-bond donors (Lipinski definition) is 3. The SMILES string of the molecule is C=C(/N=C(\N=C/C)NCCNS(=O)(=O)c1ccc(F)cc1)c1c(-c2cccc(O)c2)nc2sccn12. The molecule has 36 heavy (non-hydrogen) atoms. The molecule has 0 amide bonds. The molecule has 0 aliphatic rings. The van der Waals surface area contributed by atoms with E-state index in [0.29, 0.717) is 22.6 Å². The van der Waals surface area contributed by atoms with Crippen LogP contribution in [-0.2, 0) is 10.0 Å². The molecule has 186 valence electrons. The van der Waals surface area contributed by atoms with Crippen LogP contribution >= 0.6 is 11.3 Å². The summed E-state index contributed by atoms with van der Waals surface area (Å²) in [5, 5.41) is 14.8. The predicted molar refractivity (Wildman–Crippen MR) is 140 cm³/mol. The highest BCUT2D eigenvalue weighted by Crippen LogP contribution is 2.32. The largest absolute Gasteiger partial charge is 0.508 e. The van der Waals surface area contributed by atoms with Crippen LogP contribution in [0.3, 0.4) is 0 Å². The van der Waals surface area contributed by atoms with Crippen molar-refractivity contribution in [1.29, 1.82) is 0 Å². The van der Waals surface area contributed by atoms with Gasteiger partial charge >= 0.3 is 0 Å². The van der Waals surface area contributed by atoms with Gasteiger partial charge in [0.2, 0.25) is 16.0 Å². The van der Waals surface area contributed by atoms with E-state index in [9.17, 15) is 17.9 Å². The van der Waals surface area contributed by atoms with Crippen LogP contribution < -0.4 is 10.0 Å². The van der Waals surface area contributed by atoms with Crippen molar-refractivity contribution in [2.24, 2.45) is 9.98 Å². The smallest absolute Gasteiger partial charge is 0.240 e. The van der Waals surface area contributed by atoms with Crippen LogP contribution in [0.15, 0.2) is 81.6 Å². The molecule has 0 radical (unpaired) electrons. The summed E-state index contributed by atoms with van der Waals surface area (Å²) < 4.78 is 42.2. The van der Waals surface area contributed by atoms with E-state index in [1.807, 2.05) is 22.0 Å². The number of fused-ring (bicyclic) bond motifs is 1. The van der Waals surface area contributed by atoms with E-state index in [1.165, 1.54) is 23.5 Å². The molecule has 0 bridgehead atoms. The number of phenols is 1. The van der Waals surface area contributed by atoms with Crippen LogP contribution in [0.25, 0.3) is 21.9 Å². The van der Waals surface area contributed by atoms with Gasteiger partial charge in [-0.3, -0.25) is 4.40 Å². The first-order valence-corrected chi connectivity index (χ1v) is 13.2. The lowest BCUT2D eigenvalue weighted by molar-refractivity contribution is 0.475. The Hall–Kier alpha value is -3.87. The molecule has 3 N–H and O–H groups in total. The Labute approximate surface area is 211 Å². The quantitative estimate of drug-likeness (QED) is 0.183. The van der Waals surface area contributed by atoms with E-state index in [4.69, 9.17) is 0 Å². The number of imidazole rings is 1. The first-order chi connectivity index (χ1) is 17.3. The molecule has 9 nitrogen and oxygen atoms in total. The van der Waals surface area contributed by atoms with Gasteiger partial charge in [-0.25, -0.2) is 32.5 Å². The van der Waals surface area contributed by atoms with E-state index < -0.39 is 15.8 Å². The second-order valence-electron chi connectivity index (χ2n) is 7.46. The van der Waals surface area contributed by atoms with Gasteiger partial charge < -0.3 is 10.4 Å². The molecule has 2 aromatic heterocycles. The average Bonchev–Trinajstić information content (AvgIpc) is 3.43. The summed E-state index contributed by atoms with van der Waals surface area (Å²) in [6, 6.07) is 11.3. The summed E-state index contributed by atoms with van der Waals surface area (Å²) in [4.78, 5) is 14.1. The van der Waals surface area contributed by atoms with E-state index in [2.05, 4.69) is 31.6 Å². The van der Waals surface area contributed by atoms with Crippen molar-refractivity contribution in [2.75, 3.05) is 13.1 Å². The Bertz CT molecular complexity index is 1560. The lowest BCUT2D eigenvalue weighted by atomic mass is 10.1. The molecule has 0 aliphatic heterocycles. The van der Waals surface area contributed by atoms with Crippen molar-refractivity contribution in [2.45, 2.75) is 11.8 Å². The lowest BCUT2D eigenvalue weighted by Crippen LogP contribution is -2.34. The minimum atomic E-state index is -3.79. The second-order valence-corrected chi connectivity index (χ2v) is 10.1. The second kappa shape index (κ2) is 10.8. The standard InChI is InChI=1S/C24H23FN6O3S2/c1-3-26-23(27-11-12-28-36(33,34)20-9-7-18(25)8-10-20)29-16(2)22-21(17-5-4-6-19(32)15-17)30-24-31(22)13-14-35-24/h3-10,13-15,28,32H,2,11-12H2,1H3,(H,27,29)/b26-3-. The summed E-state index contributed by atoms with van der Waals surface area (Å²) in [5.41, 5.74) is 2.33. The van der Waals surface area contributed by atoms with Gasteiger partial charge in [-0.1, -0.05) is 18.7 Å². The van der Waals surface area contributed by atoms with Gasteiger partial charge in [0.05, 0.1) is 22.0 Å². The Morgan fingerprint density at radius 1 is 1.25 bits per heavy atom. The number of aromatic hydroxyl groups is 1. The molecular weight excluding hydrogens is 503 g/mol. The number of aliphatic imine (C=N–C) groups is 2. The van der Waals surface area contributed by atoms with Crippen molar-refractivity contribution in [3.63, 3.8) is 0 Å². The van der Waals surface area contributed by atoms with Crippen LogP contribution in [-0.4, -0.2) is 48.2 Å². The third kappa shape index (κ3) is 5.67. The Morgan fingerprint density at radius 3 is 2.75 bits per heavy atom. The van der Waals surface area contributed by atoms with Crippen molar-refractivity contribution in [1.82, 2.24) is 19.4 Å². The fourth-order valence-electron chi connectivity index (χ4n) is 3.39. The third-order valence-electron chi connectivity index (χ3n) is 4.97. The van der Waals surface area contributed by atoms with Gasteiger partial charge in [-0.05, 0) is 43.3 Å². The minimum absolute atomic E-state index is 0.0299. The molecule has 4 aromatic rings. The maximum absolute atomic E-state index is 13.1. The van der Waals surface area contributed by atoms with Gasteiger partial charge in [0.15, 0.2) is 4.96 Å². The summed E-state index contributed by atoms with van der Waals surface area (Å²) in [7, 11) is -3.79. The number of nitrogens with zero attached hydrogens (tertiary/aromatic N) is 4. The molecule has 2 heterocycles. The average molecular weight is 527 g/mol. The van der Waals surface area contributed by atoms with Gasteiger partial charge in [0, 0.05) is 36.4 Å². The zero-order valence-electron chi connectivity index (χ0n) is 19.2. The van der Waals surface area contributed by atoms with Gasteiger partial charge in [0.1, 0.15) is 11.6 Å². The summed E-state index contributed by atoms with van der Waals surface area (Å²) in [5.74, 6) is -0.167.